The molecule has 1 aliphatic rings. The summed E-state index contributed by atoms with van der Waals surface area (Å²) in [5.74, 6) is -0.254. The van der Waals surface area contributed by atoms with Crippen molar-refractivity contribution >= 4 is 11.8 Å². The Kier molecular flexibility index (Phi) is 10.8. The fourth-order valence-corrected chi connectivity index (χ4v) is 3.42. The molecule has 0 aliphatic carbocycles. The molecule has 1 saturated heterocycles. The van der Waals surface area contributed by atoms with Crippen molar-refractivity contribution < 1.29 is 19.4 Å². The van der Waals surface area contributed by atoms with E-state index in [1.165, 1.54) is 7.11 Å². The molecule has 1 rings (SSSR count). The molecule has 1 unspecified atom stereocenters. The molecule has 8 nitrogen and oxygen atoms in total. The summed E-state index contributed by atoms with van der Waals surface area (Å²) in [4.78, 5) is 27.6. The third-order valence-corrected chi connectivity index (χ3v) is 5.69. The fraction of sp³-hybridized carbons (Fsp3) is 0.810. The van der Waals surface area contributed by atoms with Crippen molar-refractivity contribution in [2.24, 2.45) is 11.8 Å². The summed E-state index contributed by atoms with van der Waals surface area (Å²) in [5, 5.41) is 19.6. The third-order valence-electron chi connectivity index (χ3n) is 5.69. The van der Waals surface area contributed by atoms with Crippen LogP contribution in [0.25, 0.3) is 0 Å². The van der Waals surface area contributed by atoms with Crippen molar-refractivity contribution in [2.45, 2.75) is 64.3 Å². The maximum absolute atomic E-state index is 13.1. The van der Waals surface area contributed by atoms with Gasteiger partial charge in [-0.2, -0.15) is 0 Å². The molecule has 0 aromatic rings. The van der Waals surface area contributed by atoms with Gasteiger partial charge in [-0.3, -0.25) is 14.9 Å². The monoisotopic (exact) mass is 412 g/mol. The zero-order valence-corrected chi connectivity index (χ0v) is 18.7. The van der Waals surface area contributed by atoms with E-state index in [-0.39, 0.29) is 30.4 Å². The SMILES string of the molecule is C=C[C@@H](C)CCC(=O)N[C@H](C(=O)NC1(C(O)NCOC)CCN(C)CC1)C(C)C. The van der Waals surface area contributed by atoms with Gasteiger partial charge in [-0.1, -0.05) is 26.8 Å². The Labute approximate surface area is 175 Å². The Hall–Kier alpha value is -1.48. The van der Waals surface area contributed by atoms with Crippen LogP contribution in [0.3, 0.4) is 0 Å². The number of carbonyl (C=O) groups excluding carboxylic acids is 2. The molecule has 1 fully saturated rings. The second-order valence-corrected chi connectivity index (χ2v) is 8.53. The molecule has 0 saturated carbocycles. The number of allylic oxidation sites excluding steroid dienone is 1. The van der Waals surface area contributed by atoms with Crippen molar-refractivity contribution in [3.8, 4) is 0 Å². The van der Waals surface area contributed by atoms with Gasteiger partial charge in [-0.05, 0) is 38.1 Å². The number of aliphatic hydroxyl groups excluding tert-OH is 1. The molecule has 2 amide bonds. The number of aliphatic hydroxyl groups is 1. The molecule has 168 valence electrons. The minimum absolute atomic E-state index is 0.0804. The lowest BCUT2D eigenvalue weighted by atomic mass is 9.84. The summed E-state index contributed by atoms with van der Waals surface area (Å²) >= 11 is 0. The molecule has 0 aromatic carbocycles. The minimum Gasteiger partial charge on any atom is -0.376 e. The smallest absolute Gasteiger partial charge is 0.243 e. The van der Waals surface area contributed by atoms with Gasteiger partial charge in [0.1, 0.15) is 12.3 Å². The second-order valence-electron chi connectivity index (χ2n) is 8.53. The number of likely N-dealkylation sites (tertiary alicyclic amines) is 1. The standard InChI is InChI=1S/C21H40N4O4/c1-7-16(4)8-9-17(26)23-18(15(2)3)19(27)24-21(20(28)22-14-29-6)10-12-25(5)13-11-21/h7,15-16,18,20,22,28H,1,8-14H2,2-6H3,(H,23,26)(H,24,27)/t16-,18+,20?/m1/s1. The maximum Gasteiger partial charge on any atom is 0.243 e. The average molecular weight is 413 g/mol. The lowest BCUT2D eigenvalue weighted by Crippen LogP contribution is -2.67. The average Bonchev–Trinajstić information content (AvgIpc) is 2.69. The summed E-state index contributed by atoms with van der Waals surface area (Å²) in [6.45, 7) is 11.2. The van der Waals surface area contributed by atoms with E-state index in [2.05, 4.69) is 27.4 Å². The van der Waals surface area contributed by atoms with Gasteiger partial charge in [0.25, 0.3) is 0 Å². The fourth-order valence-electron chi connectivity index (χ4n) is 3.42. The summed E-state index contributed by atoms with van der Waals surface area (Å²) in [5.41, 5.74) is -0.808. The van der Waals surface area contributed by atoms with Gasteiger partial charge in [0, 0.05) is 26.6 Å². The lowest BCUT2D eigenvalue weighted by Gasteiger charge is -2.45. The number of carbonyl (C=O) groups is 2. The van der Waals surface area contributed by atoms with E-state index in [0.29, 0.717) is 25.7 Å². The first-order valence-corrected chi connectivity index (χ1v) is 10.5. The predicted molar refractivity (Wildman–Crippen MR) is 114 cm³/mol. The van der Waals surface area contributed by atoms with Crippen LogP contribution >= 0.6 is 0 Å². The van der Waals surface area contributed by atoms with Crippen LogP contribution < -0.4 is 16.0 Å². The molecule has 0 bridgehead atoms. The third kappa shape index (κ3) is 8.04. The van der Waals surface area contributed by atoms with E-state index in [1.807, 2.05) is 33.9 Å². The summed E-state index contributed by atoms with van der Waals surface area (Å²) in [6.07, 6.45) is 3.11. The Balaban J connectivity index is 2.84. The molecule has 1 aliphatic heterocycles. The van der Waals surface area contributed by atoms with Crippen LogP contribution in [0.5, 0.6) is 0 Å². The van der Waals surface area contributed by atoms with Gasteiger partial charge in [0.2, 0.25) is 11.8 Å². The molecule has 1 heterocycles. The molecular weight excluding hydrogens is 372 g/mol. The van der Waals surface area contributed by atoms with E-state index in [0.717, 1.165) is 13.1 Å². The van der Waals surface area contributed by atoms with Crippen molar-refractivity contribution in [1.82, 2.24) is 20.9 Å². The molecule has 0 aromatic heterocycles. The predicted octanol–water partition coefficient (Wildman–Crippen LogP) is 0.822. The number of nitrogens with zero attached hydrogens (tertiary/aromatic N) is 1. The number of rotatable bonds is 12. The quantitative estimate of drug-likeness (QED) is 0.280. The van der Waals surface area contributed by atoms with Gasteiger partial charge in [0.05, 0.1) is 12.3 Å². The Morgan fingerprint density at radius 3 is 2.41 bits per heavy atom. The summed E-state index contributed by atoms with van der Waals surface area (Å²) < 4.78 is 5.01. The molecule has 4 N–H and O–H groups in total. The zero-order valence-electron chi connectivity index (χ0n) is 18.7. The maximum atomic E-state index is 13.1. The van der Waals surface area contributed by atoms with Crippen molar-refractivity contribution in [2.75, 3.05) is 34.0 Å². The first-order valence-electron chi connectivity index (χ1n) is 10.5. The van der Waals surface area contributed by atoms with Crippen LogP contribution in [0.2, 0.25) is 0 Å². The van der Waals surface area contributed by atoms with Gasteiger partial charge in [-0.15, -0.1) is 6.58 Å². The molecule has 29 heavy (non-hydrogen) atoms. The van der Waals surface area contributed by atoms with E-state index in [1.54, 1.807) is 0 Å². The Morgan fingerprint density at radius 1 is 1.28 bits per heavy atom. The van der Waals surface area contributed by atoms with Crippen LogP contribution in [-0.4, -0.2) is 73.6 Å². The van der Waals surface area contributed by atoms with Gasteiger partial charge < -0.3 is 25.4 Å². The first kappa shape index (κ1) is 25.6. The van der Waals surface area contributed by atoms with Crippen molar-refractivity contribution in [1.29, 1.82) is 0 Å². The number of amides is 2. The highest BCUT2D eigenvalue weighted by Crippen LogP contribution is 2.25. The molecule has 0 spiro atoms. The molecule has 3 atom stereocenters. The topological polar surface area (TPSA) is 103 Å². The normalized spacial score (nSPS) is 20.0. The highest BCUT2D eigenvalue weighted by Gasteiger charge is 2.43. The van der Waals surface area contributed by atoms with E-state index < -0.39 is 17.8 Å². The van der Waals surface area contributed by atoms with Crippen LogP contribution in [0, 0.1) is 11.8 Å². The summed E-state index contributed by atoms with van der Waals surface area (Å²) in [7, 11) is 3.55. The number of methoxy groups -OCH3 is 1. The second kappa shape index (κ2) is 12.3. The number of nitrogens with one attached hydrogen (secondary N) is 3. The largest absolute Gasteiger partial charge is 0.376 e. The number of hydrogen-bond donors (Lipinski definition) is 4. The summed E-state index contributed by atoms with van der Waals surface area (Å²) in [6, 6.07) is -0.660. The van der Waals surface area contributed by atoms with Crippen LogP contribution in [-0.2, 0) is 14.3 Å². The van der Waals surface area contributed by atoms with E-state index in [9.17, 15) is 14.7 Å². The Bertz CT molecular complexity index is 533. The molecule has 8 heteroatoms. The van der Waals surface area contributed by atoms with Gasteiger partial charge in [-0.25, -0.2) is 0 Å². The van der Waals surface area contributed by atoms with Gasteiger partial charge in [0.15, 0.2) is 0 Å². The zero-order chi connectivity index (χ0) is 22.0. The number of piperidine rings is 1. The van der Waals surface area contributed by atoms with Crippen molar-refractivity contribution in [3.63, 3.8) is 0 Å². The highest BCUT2D eigenvalue weighted by atomic mass is 16.5. The van der Waals surface area contributed by atoms with E-state index in [4.69, 9.17) is 4.74 Å². The minimum atomic E-state index is -0.947. The first-order chi connectivity index (χ1) is 13.6. The van der Waals surface area contributed by atoms with E-state index >= 15 is 0 Å². The Morgan fingerprint density at radius 2 is 1.90 bits per heavy atom. The molecule has 0 radical (unpaired) electrons. The van der Waals surface area contributed by atoms with Crippen LogP contribution in [0.15, 0.2) is 12.7 Å². The number of hydrogen-bond acceptors (Lipinski definition) is 6. The van der Waals surface area contributed by atoms with Crippen molar-refractivity contribution in [3.05, 3.63) is 12.7 Å². The van der Waals surface area contributed by atoms with Crippen LogP contribution in [0.4, 0.5) is 0 Å². The van der Waals surface area contributed by atoms with Crippen LogP contribution in [0.1, 0.15) is 46.5 Å². The molecular formula is C21H40N4O4. The lowest BCUT2D eigenvalue weighted by molar-refractivity contribution is -0.134. The van der Waals surface area contributed by atoms with Gasteiger partial charge >= 0.3 is 0 Å². The number of ether oxygens (including phenoxy) is 1. The highest BCUT2D eigenvalue weighted by molar-refractivity contribution is 5.88.